The first-order valence-corrected chi connectivity index (χ1v) is 10.1. The topological polar surface area (TPSA) is 90.3 Å². The van der Waals surface area contributed by atoms with Gasteiger partial charge in [0.2, 0.25) is 0 Å². The number of hydrogen-bond donors (Lipinski definition) is 1. The number of rotatable bonds is 6. The van der Waals surface area contributed by atoms with Gasteiger partial charge in [-0.25, -0.2) is 0 Å². The first kappa shape index (κ1) is 20.4. The van der Waals surface area contributed by atoms with E-state index in [1.807, 2.05) is 18.2 Å². The molecule has 1 heterocycles. The van der Waals surface area contributed by atoms with E-state index in [9.17, 15) is 4.79 Å². The number of likely N-dealkylation sites (tertiary alicyclic amines) is 1. The predicted octanol–water partition coefficient (Wildman–Crippen LogP) is 4.63. The Hall–Kier alpha value is -2.29. The van der Waals surface area contributed by atoms with Gasteiger partial charge in [-0.2, -0.15) is 0 Å². The van der Waals surface area contributed by atoms with Crippen LogP contribution in [0.5, 0.6) is 5.75 Å². The maximum atomic E-state index is 12.9. The molecule has 1 fully saturated rings. The minimum atomic E-state index is -0.180. The maximum Gasteiger partial charge on any atom is 0.255 e. The van der Waals surface area contributed by atoms with Crippen molar-refractivity contribution in [2.24, 2.45) is 5.11 Å². The van der Waals surface area contributed by atoms with Gasteiger partial charge in [-0.1, -0.05) is 35.4 Å². The van der Waals surface area contributed by atoms with E-state index in [1.165, 1.54) is 12.7 Å². The summed E-state index contributed by atoms with van der Waals surface area (Å²) >= 11 is 2.05. The van der Waals surface area contributed by atoms with Gasteiger partial charge in [0.25, 0.3) is 5.91 Å². The van der Waals surface area contributed by atoms with Gasteiger partial charge in [-0.15, -0.1) is 0 Å². The summed E-state index contributed by atoms with van der Waals surface area (Å²) in [6, 6.07) is 13.9. The van der Waals surface area contributed by atoms with Gasteiger partial charge in [-0.3, -0.25) is 9.69 Å². The lowest BCUT2D eigenvalue weighted by atomic mass is 10.1. The molecule has 7 nitrogen and oxygen atoms in total. The van der Waals surface area contributed by atoms with E-state index in [0.29, 0.717) is 20.6 Å². The Morgan fingerprint density at radius 2 is 2.14 bits per heavy atom. The van der Waals surface area contributed by atoms with E-state index < -0.39 is 0 Å². The summed E-state index contributed by atoms with van der Waals surface area (Å²) in [7, 11) is 1.50. The molecule has 0 spiro atoms. The monoisotopic (exact) mass is 491 g/mol. The smallest absolute Gasteiger partial charge is 0.255 e. The number of carbonyl (C=O) groups excluding carboxylic acids is 1. The molecule has 8 heteroatoms. The van der Waals surface area contributed by atoms with Crippen LogP contribution >= 0.6 is 22.6 Å². The zero-order valence-corrected chi connectivity index (χ0v) is 18.0. The van der Waals surface area contributed by atoms with Gasteiger partial charge < -0.3 is 10.1 Å². The molecule has 0 saturated carbocycles. The third-order valence-corrected chi connectivity index (χ3v) is 5.96. The SMILES string of the molecule is COc1cc(N=[N+]=[N-])c(I)cc1C(=O)NC1CCN(Cc2ccccc2)C1C. The highest BCUT2D eigenvalue weighted by Gasteiger charge is 2.32. The Bertz CT molecular complexity index is 899. The number of ether oxygens (including phenoxy) is 1. The fourth-order valence-corrected chi connectivity index (χ4v) is 4.07. The summed E-state index contributed by atoms with van der Waals surface area (Å²) in [5.41, 5.74) is 10.8. The largest absolute Gasteiger partial charge is 0.496 e. The van der Waals surface area contributed by atoms with Crippen LogP contribution in [0.25, 0.3) is 10.4 Å². The number of amides is 1. The average Bonchev–Trinajstić information content (AvgIpc) is 3.03. The van der Waals surface area contributed by atoms with Crippen molar-refractivity contribution in [2.75, 3.05) is 13.7 Å². The summed E-state index contributed by atoms with van der Waals surface area (Å²) in [6.07, 6.45) is 0.899. The van der Waals surface area contributed by atoms with Crippen LogP contribution in [0.3, 0.4) is 0 Å². The normalized spacial score (nSPS) is 19.1. The van der Waals surface area contributed by atoms with Crippen LogP contribution in [0.1, 0.15) is 29.3 Å². The van der Waals surface area contributed by atoms with Crippen molar-refractivity contribution < 1.29 is 9.53 Å². The molecule has 1 N–H and O–H groups in total. The van der Waals surface area contributed by atoms with Gasteiger partial charge in [0.05, 0.1) is 18.4 Å². The summed E-state index contributed by atoms with van der Waals surface area (Å²) in [4.78, 5) is 18.1. The second kappa shape index (κ2) is 9.27. The molecule has 0 aromatic heterocycles. The van der Waals surface area contributed by atoms with E-state index >= 15 is 0 Å². The number of nitrogens with zero attached hydrogens (tertiary/aromatic N) is 4. The van der Waals surface area contributed by atoms with Crippen molar-refractivity contribution >= 4 is 34.2 Å². The standard InChI is InChI=1S/C20H22IN5O2/c1-13-17(8-9-26(13)12-14-6-4-3-5-7-14)23-20(27)15-10-16(21)18(24-25-22)11-19(15)28-2/h3-7,10-11,13,17H,8-9,12H2,1-2H3,(H,23,27). The van der Waals surface area contributed by atoms with Crippen LogP contribution in [0, 0.1) is 3.57 Å². The number of benzene rings is 2. The summed E-state index contributed by atoms with van der Waals surface area (Å²) in [5.74, 6) is 0.216. The van der Waals surface area contributed by atoms with E-state index in [0.717, 1.165) is 19.5 Å². The van der Waals surface area contributed by atoms with Gasteiger partial charge in [-0.05, 0) is 59.2 Å². The van der Waals surface area contributed by atoms with Crippen molar-refractivity contribution in [2.45, 2.75) is 32.0 Å². The van der Waals surface area contributed by atoms with Crippen molar-refractivity contribution in [3.8, 4) is 5.75 Å². The minimum absolute atomic E-state index is 0.0652. The maximum absolute atomic E-state index is 12.9. The Balaban J connectivity index is 1.71. The molecule has 0 bridgehead atoms. The van der Waals surface area contributed by atoms with Crippen molar-refractivity contribution in [3.05, 3.63) is 67.6 Å². The number of methoxy groups -OCH3 is 1. The van der Waals surface area contributed by atoms with Gasteiger partial charge in [0, 0.05) is 33.7 Å². The van der Waals surface area contributed by atoms with Crippen LogP contribution in [0.15, 0.2) is 47.6 Å². The number of carbonyl (C=O) groups is 1. The third kappa shape index (κ3) is 4.57. The Morgan fingerprint density at radius 3 is 2.82 bits per heavy atom. The van der Waals surface area contributed by atoms with Gasteiger partial charge >= 0.3 is 0 Å². The zero-order chi connectivity index (χ0) is 20.1. The van der Waals surface area contributed by atoms with E-state index in [2.05, 4.69) is 61.9 Å². The molecule has 2 atom stereocenters. The Morgan fingerprint density at radius 1 is 1.39 bits per heavy atom. The number of halogens is 1. The van der Waals surface area contributed by atoms with Crippen LogP contribution in [0.4, 0.5) is 5.69 Å². The molecule has 28 heavy (non-hydrogen) atoms. The molecule has 1 aliphatic heterocycles. The average molecular weight is 491 g/mol. The first-order chi connectivity index (χ1) is 13.5. The predicted molar refractivity (Wildman–Crippen MR) is 117 cm³/mol. The highest BCUT2D eigenvalue weighted by atomic mass is 127. The Labute approximate surface area is 177 Å². The molecule has 1 saturated heterocycles. The molecular weight excluding hydrogens is 469 g/mol. The lowest BCUT2D eigenvalue weighted by molar-refractivity contribution is 0.0924. The van der Waals surface area contributed by atoms with E-state index in [-0.39, 0.29) is 18.0 Å². The second-order valence-electron chi connectivity index (χ2n) is 6.76. The molecular formula is C20H22IN5O2. The van der Waals surface area contributed by atoms with Crippen molar-refractivity contribution in [1.82, 2.24) is 10.2 Å². The lowest BCUT2D eigenvalue weighted by Gasteiger charge is -2.25. The summed E-state index contributed by atoms with van der Waals surface area (Å²) < 4.78 is 6.04. The number of azide groups is 1. The molecule has 2 unspecified atom stereocenters. The molecule has 2 aromatic rings. The lowest BCUT2D eigenvalue weighted by Crippen LogP contribution is -2.43. The van der Waals surface area contributed by atoms with E-state index in [4.69, 9.17) is 10.3 Å². The highest BCUT2D eigenvalue weighted by Crippen LogP contribution is 2.31. The molecule has 1 aliphatic rings. The summed E-state index contributed by atoms with van der Waals surface area (Å²) in [6.45, 7) is 3.95. The van der Waals surface area contributed by atoms with Crippen LogP contribution in [-0.2, 0) is 6.54 Å². The van der Waals surface area contributed by atoms with Crippen molar-refractivity contribution in [1.29, 1.82) is 0 Å². The third-order valence-electron chi connectivity index (χ3n) is 5.10. The minimum Gasteiger partial charge on any atom is -0.496 e. The molecule has 1 amide bonds. The summed E-state index contributed by atoms with van der Waals surface area (Å²) in [5, 5.41) is 6.78. The van der Waals surface area contributed by atoms with Gasteiger partial charge in [0.1, 0.15) is 5.75 Å². The first-order valence-electron chi connectivity index (χ1n) is 9.05. The molecule has 0 aliphatic carbocycles. The molecule has 3 rings (SSSR count). The van der Waals surface area contributed by atoms with Crippen LogP contribution < -0.4 is 10.1 Å². The number of nitrogens with one attached hydrogen (secondary N) is 1. The van der Waals surface area contributed by atoms with Crippen molar-refractivity contribution in [3.63, 3.8) is 0 Å². The number of hydrogen-bond acceptors (Lipinski definition) is 4. The molecule has 2 aromatic carbocycles. The fraction of sp³-hybridized carbons (Fsp3) is 0.350. The van der Waals surface area contributed by atoms with Crippen LogP contribution in [0.2, 0.25) is 0 Å². The molecule has 146 valence electrons. The van der Waals surface area contributed by atoms with Gasteiger partial charge in [0.15, 0.2) is 0 Å². The Kier molecular flexibility index (Phi) is 6.77. The highest BCUT2D eigenvalue weighted by molar-refractivity contribution is 14.1. The fourth-order valence-electron chi connectivity index (χ4n) is 3.50. The quantitative estimate of drug-likeness (QED) is 0.277. The molecule has 0 radical (unpaired) electrons. The second-order valence-corrected chi connectivity index (χ2v) is 7.92. The zero-order valence-electron chi connectivity index (χ0n) is 15.8. The van der Waals surface area contributed by atoms with Crippen LogP contribution in [-0.4, -0.2) is 36.5 Å². The van der Waals surface area contributed by atoms with E-state index in [1.54, 1.807) is 12.1 Å².